The molecule has 0 aliphatic heterocycles. The summed E-state index contributed by atoms with van der Waals surface area (Å²) in [6, 6.07) is 0. The molecule has 0 aliphatic rings. The number of Topliss-reactive ketones (excluding diaryl/α,β-unsaturated/α-hetero) is 1. The molecule has 1 N–H and O–H groups in total. The van der Waals surface area contributed by atoms with Crippen molar-refractivity contribution < 1.29 is 17.8 Å². The molecular formula is C21H40O4S. The van der Waals surface area contributed by atoms with Gasteiger partial charge in [-0.3, -0.25) is 9.35 Å². The van der Waals surface area contributed by atoms with Crippen LogP contribution in [0.4, 0.5) is 0 Å². The summed E-state index contributed by atoms with van der Waals surface area (Å²) in [5.74, 6) is -0.405. The molecule has 4 nitrogen and oxygen atoms in total. The van der Waals surface area contributed by atoms with Gasteiger partial charge in [-0.2, -0.15) is 8.42 Å². The Balaban J connectivity index is 3.52. The minimum absolute atomic E-state index is 0.213. The predicted molar refractivity (Wildman–Crippen MR) is 110 cm³/mol. The molecule has 0 heterocycles. The molecule has 0 aromatic heterocycles. The quantitative estimate of drug-likeness (QED) is 0.181. The minimum atomic E-state index is -4.33. The number of ketones is 1. The van der Waals surface area contributed by atoms with Gasteiger partial charge in [0.15, 0.2) is 5.78 Å². The van der Waals surface area contributed by atoms with Crippen molar-refractivity contribution in [2.45, 2.75) is 115 Å². The van der Waals surface area contributed by atoms with E-state index >= 15 is 0 Å². The van der Waals surface area contributed by atoms with Crippen LogP contribution in [0.1, 0.15) is 111 Å². The van der Waals surface area contributed by atoms with Gasteiger partial charge in [-0.15, -0.1) is 0 Å². The Labute approximate surface area is 161 Å². The van der Waals surface area contributed by atoms with Gasteiger partial charge >= 0.3 is 0 Å². The number of rotatable bonds is 17. The molecule has 0 spiro atoms. The second kappa shape index (κ2) is 14.4. The van der Waals surface area contributed by atoms with Gasteiger partial charge in [0.05, 0.1) is 0 Å². The maximum Gasteiger partial charge on any atom is 0.277 e. The molecular weight excluding hydrogens is 348 g/mol. The third-order valence-electron chi connectivity index (χ3n) is 4.98. The maximum atomic E-state index is 11.9. The van der Waals surface area contributed by atoms with Crippen molar-refractivity contribution in [3.8, 4) is 0 Å². The Morgan fingerprint density at radius 3 is 1.69 bits per heavy atom. The summed E-state index contributed by atoms with van der Waals surface area (Å²) in [7, 11) is -4.33. The van der Waals surface area contributed by atoms with Crippen molar-refractivity contribution in [2.24, 2.45) is 0 Å². The molecule has 0 aromatic rings. The summed E-state index contributed by atoms with van der Waals surface area (Å²) < 4.78 is 29.8. The average Bonchev–Trinajstić information content (AvgIpc) is 2.57. The number of carbonyl (C=O) groups is 1. The summed E-state index contributed by atoms with van der Waals surface area (Å²) in [6.07, 6.45) is 20.1. The standard InChI is InChI=1S/C21H40O4S/c1-4-5-6-7-8-9-10-11-12-13-14-15-16-17-18-19-20(22)21(2,3)26(23,24)25/h11-12H,4-10,13-19H2,1-3H3,(H,23,24,25)/b12-11-. The van der Waals surface area contributed by atoms with Gasteiger partial charge in [-0.05, 0) is 46.0 Å². The van der Waals surface area contributed by atoms with E-state index in [1.54, 1.807) is 0 Å². The lowest BCUT2D eigenvalue weighted by Gasteiger charge is -2.18. The van der Waals surface area contributed by atoms with Crippen LogP contribution in [0.3, 0.4) is 0 Å². The fourth-order valence-corrected chi connectivity index (χ4v) is 3.19. The van der Waals surface area contributed by atoms with Crippen LogP contribution < -0.4 is 0 Å². The second-order valence-electron chi connectivity index (χ2n) is 7.74. The third kappa shape index (κ3) is 11.8. The van der Waals surface area contributed by atoms with Crippen LogP contribution in [0.25, 0.3) is 0 Å². The first-order chi connectivity index (χ1) is 12.2. The molecule has 0 fully saturated rings. The zero-order valence-electron chi connectivity index (χ0n) is 17.1. The van der Waals surface area contributed by atoms with Crippen LogP contribution >= 0.6 is 0 Å². The molecule has 0 rings (SSSR count). The number of hydrogen-bond donors (Lipinski definition) is 1. The van der Waals surface area contributed by atoms with E-state index in [0.29, 0.717) is 6.42 Å². The lowest BCUT2D eigenvalue weighted by molar-refractivity contribution is -0.121. The summed E-state index contributed by atoms with van der Waals surface area (Å²) in [4.78, 5) is 11.9. The van der Waals surface area contributed by atoms with Crippen molar-refractivity contribution in [1.29, 1.82) is 0 Å². The molecule has 0 aromatic carbocycles. The lowest BCUT2D eigenvalue weighted by atomic mass is 10.0. The highest BCUT2D eigenvalue weighted by molar-refractivity contribution is 7.88. The lowest BCUT2D eigenvalue weighted by Crippen LogP contribution is -2.40. The molecule has 154 valence electrons. The normalized spacial score (nSPS) is 12.8. The fraction of sp³-hybridized carbons (Fsp3) is 0.857. The number of allylic oxidation sites excluding steroid dienone is 2. The van der Waals surface area contributed by atoms with Crippen molar-refractivity contribution in [3.05, 3.63) is 12.2 Å². The second-order valence-corrected chi connectivity index (χ2v) is 9.71. The Morgan fingerprint density at radius 1 is 0.808 bits per heavy atom. The zero-order valence-corrected chi connectivity index (χ0v) is 18.0. The molecule has 0 saturated carbocycles. The van der Waals surface area contributed by atoms with Gasteiger partial charge in [0.25, 0.3) is 10.1 Å². The van der Waals surface area contributed by atoms with Gasteiger partial charge in [-0.25, -0.2) is 0 Å². The molecule has 0 radical (unpaired) electrons. The first-order valence-electron chi connectivity index (χ1n) is 10.4. The van der Waals surface area contributed by atoms with E-state index in [0.717, 1.165) is 32.1 Å². The van der Waals surface area contributed by atoms with Crippen molar-refractivity contribution >= 4 is 15.9 Å². The Bertz CT molecular complexity index is 492. The van der Waals surface area contributed by atoms with Gasteiger partial charge in [0.2, 0.25) is 0 Å². The minimum Gasteiger partial charge on any atom is -0.298 e. The van der Waals surface area contributed by atoms with Crippen molar-refractivity contribution in [3.63, 3.8) is 0 Å². The summed E-state index contributed by atoms with van der Waals surface area (Å²) in [5, 5.41) is 0. The van der Waals surface area contributed by atoms with Crippen molar-refractivity contribution in [2.75, 3.05) is 0 Å². The van der Waals surface area contributed by atoms with Crippen LogP contribution in [0.5, 0.6) is 0 Å². The Kier molecular flexibility index (Phi) is 14.0. The zero-order chi connectivity index (χ0) is 19.9. The largest absolute Gasteiger partial charge is 0.298 e. The van der Waals surface area contributed by atoms with Crippen molar-refractivity contribution in [1.82, 2.24) is 0 Å². The number of hydrogen-bond acceptors (Lipinski definition) is 3. The smallest absolute Gasteiger partial charge is 0.277 e. The van der Waals surface area contributed by atoms with Crippen LogP contribution in [0.15, 0.2) is 12.2 Å². The van der Waals surface area contributed by atoms with Gasteiger partial charge in [-0.1, -0.05) is 70.4 Å². The topological polar surface area (TPSA) is 71.4 Å². The van der Waals surface area contributed by atoms with Crippen LogP contribution in [-0.2, 0) is 14.9 Å². The number of unbranched alkanes of at least 4 members (excludes halogenated alkanes) is 11. The van der Waals surface area contributed by atoms with Gasteiger partial charge < -0.3 is 0 Å². The van der Waals surface area contributed by atoms with E-state index in [9.17, 15) is 13.2 Å². The highest BCUT2D eigenvalue weighted by atomic mass is 32.2. The first kappa shape index (κ1) is 25.3. The fourth-order valence-electron chi connectivity index (χ4n) is 2.80. The van der Waals surface area contributed by atoms with E-state index in [4.69, 9.17) is 4.55 Å². The summed E-state index contributed by atoms with van der Waals surface area (Å²) >= 11 is 0. The molecule has 0 bridgehead atoms. The summed E-state index contributed by atoms with van der Waals surface area (Å²) in [5.41, 5.74) is 0. The molecule has 0 unspecified atom stereocenters. The third-order valence-corrected chi connectivity index (χ3v) is 6.50. The van der Waals surface area contributed by atoms with Gasteiger partial charge in [0.1, 0.15) is 4.75 Å². The van der Waals surface area contributed by atoms with E-state index in [1.165, 1.54) is 58.8 Å². The molecule has 26 heavy (non-hydrogen) atoms. The van der Waals surface area contributed by atoms with Crippen LogP contribution in [0.2, 0.25) is 0 Å². The molecule has 0 saturated heterocycles. The predicted octanol–water partition coefficient (Wildman–Crippen LogP) is 6.26. The number of carbonyl (C=O) groups excluding carboxylic acids is 1. The average molecular weight is 389 g/mol. The first-order valence-corrected chi connectivity index (χ1v) is 11.8. The highest BCUT2D eigenvalue weighted by Gasteiger charge is 2.39. The van der Waals surface area contributed by atoms with E-state index in [1.807, 2.05) is 0 Å². The summed E-state index contributed by atoms with van der Waals surface area (Å²) in [6.45, 7) is 4.78. The maximum absolute atomic E-state index is 11.9. The van der Waals surface area contributed by atoms with Crippen LogP contribution in [-0.4, -0.2) is 23.5 Å². The van der Waals surface area contributed by atoms with E-state index in [2.05, 4.69) is 19.1 Å². The SMILES string of the molecule is CCCCCCCC/C=C\CCCCCCCC(=O)C(C)(C)S(=O)(=O)O. The Morgan fingerprint density at radius 2 is 1.23 bits per heavy atom. The highest BCUT2D eigenvalue weighted by Crippen LogP contribution is 2.20. The van der Waals surface area contributed by atoms with E-state index in [-0.39, 0.29) is 6.42 Å². The Hall–Kier alpha value is -0.680. The molecule has 0 aliphatic carbocycles. The molecule has 5 heteroatoms. The molecule has 0 atom stereocenters. The monoisotopic (exact) mass is 388 g/mol. The van der Waals surface area contributed by atoms with Crippen LogP contribution in [0, 0.1) is 0 Å². The molecule has 0 amide bonds. The van der Waals surface area contributed by atoms with Gasteiger partial charge in [0, 0.05) is 6.42 Å². The van der Waals surface area contributed by atoms with E-state index < -0.39 is 20.6 Å².